The number of carbonyl (C=O) groups is 1. The Hall–Kier alpha value is -3.19. The fourth-order valence-electron chi connectivity index (χ4n) is 2.39. The quantitative estimate of drug-likeness (QED) is 0.684. The van der Waals surface area contributed by atoms with E-state index in [1.807, 2.05) is 66.7 Å². The predicted octanol–water partition coefficient (Wildman–Crippen LogP) is 3.98. The molecule has 2 N–H and O–H groups in total. The van der Waals surface area contributed by atoms with Gasteiger partial charge in [-0.3, -0.25) is 5.32 Å². The van der Waals surface area contributed by atoms with Crippen LogP contribution in [0.5, 0.6) is 0 Å². The van der Waals surface area contributed by atoms with Crippen molar-refractivity contribution in [2.75, 3.05) is 11.9 Å². The second-order valence-corrected chi connectivity index (χ2v) is 5.74. The van der Waals surface area contributed by atoms with Crippen molar-refractivity contribution >= 4 is 29.2 Å². The SMILES string of the molecule is CCOC(=O)NC(=S)Nc1cc(-c2ccccc2)nn1-c1ccccc1. The Morgan fingerprint density at radius 3 is 2.42 bits per heavy atom. The zero-order chi connectivity index (χ0) is 18.4. The minimum Gasteiger partial charge on any atom is -0.450 e. The molecule has 0 unspecified atom stereocenters. The summed E-state index contributed by atoms with van der Waals surface area (Å²) in [5.74, 6) is 0.636. The number of ether oxygens (including phenoxy) is 1. The number of nitrogens with one attached hydrogen (secondary N) is 2. The first-order valence-electron chi connectivity index (χ1n) is 8.13. The molecule has 0 radical (unpaired) electrons. The van der Waals surface area contributed by atoms with Crippen molar-refractivity contribution in [2.24, 2.45) is 0 Å². The fourth-order valence-corrected chi connectivity index (χ4v) is 2.58. The molecule has 3 rings (SSSR count). The first-order valence-corrected chi connectivity index (χ1v) is 8.54. The van der Waals surface area contributed by atoms with Gasteiger partial charge in [-0.05, 0) is 31.3 Å². The van der Waals surface area contributed by atoms with Crippen LogP contribution >= 0.6 is 12.2 Å². The highest BCUT2D eigenvalue weighted by atomic mass is 32.1. The van der Waals surface area contributed by atoms with Crippen LogP contribution in [0.1, 0.15) is 6.92 Å². The lowest BCUT2D eigenvalue weighted by Gasteiger charge is -2.11. The molecule has 0 aliphatic carbocycles. The summed E-state index contributed by atoms with van der Waals surface area (Å²) in [6.07, 6.45) is -0.598. The Bertz CT molecular complexity index is 894. The van der Waals surface area contributed by atoms with Crippen LogP contribution in [0, 0.1) is 0 Å². The van der Waals surface area contributed by atoms with Gasteiger partial charge in [0.1, 0.15) is 5.82 Å². The monoisotopic (exact) mass is 366 g/mol. The van der Waals surface area contributed by atoms with Gasteiger partial charge < -0.3 is 10.1 Å². The van der Waals surface area contributed by atoms with Gasteiger partial charge in [0.05, 0.1) is 18.0 Å². The molecule has 7 heteroatoms. The second-order valence-electron chi connectivity index (χ2n) is 5.33. The average Bonchev–Trinajstić information content (AvgIpc) is 3.07. The maximum atomic E-state index is 11.5. The highest BCUT2D eigenvalue weighted by molar-refractivity contribution is 7.80. The molecule has 26 heavy (non-hydrogen) atoms. The third-order valence-corrected chi connectivity index (χ3v) is 3.72. The van der Waals surface area contributed by atoms with Crippen molar-refractivity contribution in [1.29, 1.82) is 0 Å². The molecule has 1 heterocycles. The normalized spacial score (nSPS) is 10.2. The van der Waals surface area contributed by atoms with E-state index >= 15 is 0 Å². The van der Waals surface area contributed by atoms with Crippen molar-refractivity contribution in [3.8, 4) is 16.9 Å². The second kappa shape index (κ2) is 8.26. The van der Waals surface area contributed by atoms with Crippen molar-refractivity contribution in [2.45, 2.75) is 6.92 Å². The zero-order valence-electron chi connectivity index (χ0n) is 14.2. The molecule has 0 spiro atoms. The van der Waals surface area contributed by atoms with Crippen LogP contribution < -0.4 is 10.6 Å². The van der Waals surface area contributed by atoms with Gasteiger partial charge in [-0.1, -0.05) is 48.5 Å². The Labute approximate surface area is 156 Å². The number of amides is 1. The van der Waals surface area contributed by atoms with Gasteiger partial charge >= 0.3 is 6.09 Å². The van der Waals surface area contributed by atoms with Crippen molar-refractivity contribution in [3.05, 3.63) is 66.7 Å². The Morgan fingerprint density at radius 1 is 1.12 bits per heavy atom. The summed E-state index contributed by atoms with van der Waals surface area (Å²) in [6, 6.07) is 21.4. The van der Waals surface area contributed by atoms with Gasteiger partial charge in [0, 0.05) is 11.6 Å². The molecule has 2 aromatic carbocycles. The highest BCUT2D eigenvalue weighted by Gasteiger charge is 2.13. The number of para-hydroxylation sites is 1. The molecule has 3 aromatic rings. The lowest BCUT2D eigenvalue weighted by atomic mass is 10.2. The third-order valence-electron chi connectivity index (χ3n) is 3.51. The number of aromatic nitrogens is 2. The number of hydrogen-bond acceptors (Lipinski definition) is 4. The molecular weight excluding hydrogens is 348 g/mol. The Kier molecular flexibility index (Phi) is 5.60. The van der Waals surface area contributed by atoms with E-state index in [1.54, 1.807) is 11.6 Å². The van der Waals surface area contributed by atoms with Crippen LogP contribution in [0.25, 0.3) is 16.9 Å². The molecular formula is C19H18N4O2S. The molecule has 132 valence electrons. The maximum Gasteiger partial charge on any atom is 0.413 e. The molecule has 0 aliphatic heterocycles. The van der Waals surface area contributed by atoms with E-state index in [0.29, 0.717) is 5.82 Å². The van der Waals surface area contributed by atoms with Gasteiger partial charge in [-0.2, -0.15) is 5.10 Å². The lowest BCUT2D eigenvalue weighted by Crippen LogP contribution is -2.35. The largest absolute Gasteiger partial charge is 0.450 e. The minimum absolute atomic E-state index is 0.139. The average molecular weight is 366 g/mol. The summed E-state index contributed by atoms with van der Waals surface area (Å²) in [6.45, 7) is 2.00. The van der Waals surface area contributed by atoms with Crippen molar-refractivity contribution < 1.29 is 9.53 Å². The van der Waals surface area contributed by atoms with E-state index in [0.717, 1.165) is 16.9 Å². The molecule has 0 saturated carbocycles. The highest BCUT2D eigenvalue weighted by Crippen LogP contribution is 2.24. The third kappa shape index (κ3) is 4.25. The van der Waals surface area contributed by atoms with Crippen LogP contribution in [0.2, 0.25) is 0 Å². The Balaban J connectivity index is 1.91. The molecule has 1 amide bonds. The summed E-state index contributed by atoms with van der Waals surface area (Å²) < 4.78 is 6.58. The van der Waals surface area contributed by atoms with Crippen LogP contribution in [-0.2, 0) is 4.74 Å². The van der Waals surface area contributed by atoms with Crippen LogP contribution in [0.3, 0.4) is 0 Å². The number of anilines is 1. The summed E-state index contributed by atoms with van der Waals surface area (Å²) in [7, 11) is 0. The van der Waals surface area contributed by atoms with E-state index in [4.69, 9.17) is 17.0 Å². The lowest BCUT2D eigenvalue weighted by molar-refractivity contribution is 0.158. The minimum atomic E-state index is -0.598. The van der Waals surface area contributed by atoms with Gasteiger partial charge in [-0.15, -0.1) is 0 Å². The van der Waals surface area contributed by atoms with Crippen molar-refractivity contribution in [3.63, 3.8) is 0 Å². The first-order chi connectivity index (χ1) is 12.7. The number of thiocarbonyl (C=S) groups is 1. The summed E-state index contributed by atoms with van der Waals surface area (Å²) in [5, 5.41) is 10.3. The summed E-state index contributed by atoms with van der Waals surface area (Å²) in [4.78, 5) is 11.5. The topological polar surface area (TPSA) is 68.2 Å². The number of hydrogen-bond donors (Lipinski definition) is 2. The number of carbonyl (C=O) groups excluding carboxylic acids is 1. The van der Waals surface area contributed by atoms with E-state index < -0.39 is 6.09 Å². The smallest absolute Gasteiger partial charge is 0.413 e. The van der Waals surface area contributed by atoms with E-state index in [9.17, 15) is 4.79 Å². The first kappa shape index (κ1) is 17.6. The van der Waals surface area contributed by atoms with E-state index in [1.165, 1.54) is 0 Å². The fraction of sp³-hybridized carbons (Fsp3) is 0.105. The maximum absolute atomic E-state index is 11.5. The molecule has 0 bridgehead atoms. The number of nitrogens with zero attached hydrogens (tertiary/aromatic N) is 2. The van der Waals surface area contributed by atoms with Crippen LogP contribution in [0.4, 0.5) is 10.6 Å². The molecule has 6 nitrogen and oxygen atoms in total. The molecule has 0 fully saturated rings. The zero-order valence-corrected chi connectivity index (χ0v) is 15.0. The van der Waals surface area contributed by atoms with E-state index in [-0.39, 0.29) is 11.7 Å². The summed E-state index contributed by atoms with van der Waals surface area (Å²) >= 11 is 5.20. The van der Waals surface area contributed by atoms with Crippen molar-refractivity contribution in [1.82, 2.24) is 15.1 Å². The van der Waals surface area contributed by atoms with E-state index in [2.05, 4.69) is 15.7 Å². The molecule has 0 atom stereocenters. The molecule has 0 saturated heterocycles. The number of rotatable bonds is 4. The summed E-state index contributed by atoms with van der Waals surface area (Å²) in [5.41, 5.74) is 2.64. The number of alkyl carbamates (subject to hydrolysis) is 1. The molecule has 0 aliphatic rings. The van der Waals surface area contributed by atoms with Gasteiger partial charge in [0.15, 0.2) is 5.11 Å². The van der Waals surface area contributed by atoms with Gasteiger partial charge in [0.25, 0.3) is 0 Å². The standard InChI is InChI=1S/C19H18N4O2S/c1-2-25-19(24)21-18(26)20-17-13-16(14-9-5-3-6-10-14)22-23(17)15-11-7-4-8-12-15/h3-13H,2H2,1H3,(H2,20,21,24,26). The van der Waals surface area contributed by atoms with Gasteiger partial charge in [-0.25, -0.2) is 9.48 Å². The Morgan fingerprint density at radius 2 is 1.77 bits per heavy atom. The molecule has 1 aromatic heterocycles. The number of benzene rings is 2. The van der Waals surface area contributed by atoms with Crippen LogP contribution in [-0.4, -0.2) is 27.6 Å². The van der Waals surface area contributed by atoms with Gasteiger partial charge in [0.2, 0.25) is 0 Å². The van der Waals surface area contributed by atoms with Crippen LogP contribution in [0.15, 0.2) is 66.7 Å². The predicted molar refractivity (Wildman–Crippen MR) is 105 cm³/mol.